The Labute approximate surface area is 203 Å². The lowest BCUT2D eigenvalue weighted by Gasteiger charge is -2.31. The van der Waals surface area contributed by atoms with Gasteiger partial charge in [0.2, 0.25) is 0 Å². The molecule has 0 unspecified atom stereocenters. The summed E-state index contributed by atoms with van der Waals surface area (Å²) in [5.74, 6) is -1.49. The van der Waals surface area contributed by atoms with Crippen molar-refractivity contribution in [2.24, 2.45) is 9.98 Å². The van der Waals surface area contributed by atoms with Gasteiger partial charge in [0, 0.05) is 35.9 Å². The van der Waals surface area contributed by atoms with E-state index in [-0.39, 0.29) is 11.6 Å². The summed E-state index contributed by atoms with van der Waals surface area (Å²) in [6, 6.07) is 4.83. The monoisotopic (exact) mass is 488 g/mol. The van der Waals surface area contributed by atoms with Crippen LogP contribution in [0, 0.1) is 0 Å². The van der Waals surface area contributed by atoms with Gasteiger partial charge >= 0.3 is 0 Å². The largest absolute Gasteiger partial charge is 0.270 e. The molecule has 1 aromatic heterocycles. The van der Waals surface area contributed by atoms with Gasteiger partial charge in [-0.2, -0.15) is 5.10 Å². The second-order valence-electron chi connectivity index (χ2n) is 9.76. The number of nitrogens with zero attached hydrogens (tertiary/aromatic N) is 4. The lowest BCUT2D eigenvalue weighted by atomic mass is 9.85. The van der Waals surface area contributed by atoms with Gasteiger partial charge in [0.15, 0.2) is 5.82 Å². The van der Waals surface area contributed by atoms with Gasteiger partial charge in [0.1, 0.15) is 5.67 Å². The van der Waals surface area contributed by atoms with E-state index in [1.54, 1.807) is 30.9 Å². The summed E-state index contributed by atoms with van der Waals surface area (Å²) in [5, 5.41) is 5.44. The van der Waals surface area contributed by atoms with E-state index >= 15 is 0 Å². The van der Waals surface area contributed by atoms with Crippen molar-refractivity contribution in [2.75, 3.05) is 5.75 Å². The van der Waals surface area contributed by atoms with Gasteiger partial charge in [-0.25, -0.2) is 22.8 Å². The van der Waals surface area contributed by atoms with E-state index < -0.39 is 11.6 Å². The Morgan fingerprint density at radius 2 is 2.00 bits per heavy atom. The molecule has 1 saturated carbocycles. The van der Waals surface area contributed by atoms with Gasteiger partial charge in [-0.15, -0.1) is 11.8 Å². The SMILES string of the molecule is C=C(C)c1cnn(C2CCC(C)(F)CC2)c1N=C(C)SCC1=Nc2cc(C(C)(F)F)ccc2C1. The van der Waals surface area contributed by atoms with Crippen molar-refractivity contribution in [2.45, 2.75) is 77.4 Å². The first-order chi connectivity index (χ1) is 15.9. The molecule has 0 saturated heterocycles. The summed E-state index contributed by atoms with van der Waals surface area (Å²) in [4.78, 5) is 9.47. The number of rotatable bonds is 6. The first-order valence-corrected chi connectivity index (χ1v) is 12.6. The minimum atomic E-state index is -2.88. The maximum Gasteiger partial charge on any atom is 0.270 e. The molecule has 0 spiro atoms. The molecule has 182 valence electrons. The van der Waals surface area contributed by atoms with Crippen LogP contribution >= 0.6 is 11.8 Å². The molecule has 2 aliphatic rings. The Morgan fingerprint density at radius 3 is 2.65 bits per heavy atom. The molecule has 1 fully saturated rings. The van der Waals surface area contributed by atoms with Crippen LogP contribution < -0.4 is 0 Å². The molecule has 0 bridgehead atoms. The van der Waals surface area contributed by atoms with Crippen LogP contribution in [0.3, 0.4) is 0 Å². The summed E-state index contributed by atoms with van der Waals surface area (Å²) in [5.41, 5.74) is 3.19. The van der Waals surface area contributed by atoms with Crippen LogP contribution in [0.4, 0.5) is 24.7 Å². The van der Waals surface area contributed by atoms with Crippen LogP contribution in [0.25, 0.3) is 5.57 Å². The highest BCUT2D eigenvalue weighted by molar-refractivity contribution is 8.14. The van der Waals surface area contributed by atoms with Crippen molar-refractivity contribution in [3.8, 4) is 0 Å². The smallest absolute Gasteiger partial charge is 0.256 e. The fourth-order valence-corrected chi connectivity index (χ4v) is 5.15. The Balaban J connectivity index is 1.48. The average molecular weight is 489 g/mol. The maximum absolute atomic E-state index is 14.3. The third-order valence-electron chi connectivity index (χ3n) is 6.55. The van der Waals surface area contributed by atoms with E-state index in [0.717, 1.165) is 53.0 Å². The van der Waals surface area contributed by atoms with Crippen molar-refractivity contribution >= 4 is 39.6 Å². The summed E-state index contributed by atoms with van der Waals surface area (Å²) < 4.78 is 43.5. The van der Waals surface area contributed by atoms with Crippen molar-refractivity contribution in [1.29, 1.82) is 0 Å². The number of thioether (sulfide) groups is 1. The summed E-state index contributed by atoms with van der Waals surface area (Å²) >= 11 is 1.57. The normalized spacial score (nSPS) is 23.1. The molecule has 2 aromatic rings. The first-order valence-electron chi connectivity index (χ1n) is 11.6. The van der Waals surface area contributed by atoms with E-state index in [0.29, 0.717) is 30.7 Å². The Kier molecular flexibility index (Phi) is 6.82. The van der Waals surface area contributed by atoms with Crippen molar-refractivity contribution in [3.05, 3.63) is 47.7 Å². The predicted octanol–water partition coefficient (Wildman–Crippen LogP) is 7.98. The molecule has 0 atom stereocenters. The van der Waals surface area contributed by atoms with Crippen molar-refractivity contribution in [1.82, 2.24) is 9.78 Å². The topological polar surface area (TPSA) is 42.5 Å². The average Bonchev–Trinajstić information content (AvgIpc) is 3.35. The van der Waals surface area contributed by atoms with Crippen LogP contribution in [0.15, 0.2) is 41.0 Å². The molecule has 0 N–H and O–H groups in total. The predicted molar refractivity (Wildman–Crippen MR) is 136 cm³/mol. The molecule has 34 heavy (non-hydrogen) atoms. The Hall–Kier alpha value is -2.35. The number of hydrogen-bond donors (Lipinski definition) is 0. The minimum Gasteiger partial charge on any atom is -0.256 e. The molecular weight excluding hydrogens is 457 g/mol. The Bertz CT molecular complexity index is 1150. The van der Waals surface area contributed by atoms with Crippen LogP contribution in [0.2, 0.25) is 0 Å². The quantitative estimate of drug-likeness (QED) is 0.305. The lowest BCUT2D eigenvalue weighted by Crippen LogP contribution is -2.27. The Morgan fingerprint density at radius 1 is 1.29 bits per heavy atom. The minimum absolute atomic E-state index is 0.0157. The van der Waals surface area contributed by atoms with Crippen molar-refractivity contribution < 1.29 is 13.2 Å². The van der Waals surface area contributed by atoms with Crippen LogP contribution in [0.5, 0.6) is 0 Å². The molecule has 2 heterocycles. The van der Waals surface area contributed by atoms with Gasteiger partial charge in [-0.05, 0) is 63.7 Å². The van der Waals surface area contributed by atoms with E-state index in [1.165, 1.54) is 12.1 Å². The van der Waals surface area contributed by atoms with Gasteiger partial charge in [-0.3, -0.25) is 4.99 Å². The van der Waals surface area contributed by atoms with Gasteiger partial charge in [-0.1, -0.05) is 18.7 Å². The number of alkyl halides is 3. The zero-order valence-corrected chi connectivity index (χ0v) is 21.0. The molecule has 1 aliphatic heterocycles. The van der Waals surface area contributed by atoms with Gasteiger partial charge in [0.25, 0.3) is 5.92 Å². The lowest BCUT2D eigenvalue weighted by molar-refractivity contribution is 0.0175. The fourth-order valence-electron chi connectivity index (χ4n) is 4.46. The molecule has 4 rings (SSSR count). The molecular formula is C26H31F3N4S. The second-order valence-corrected chi connectivity index (χ2v) is 10.9. The first kappa shape index (κ1) is 24.8. The standard InChI is InChI=1S/C26H31F3N4S/c1-16(2)22-14-30-33(21-8-10-25(4,27)11-9-21)24(22)31-17(3)34-15-20-12-18-6-7-19(26(5,28)29)13-23(18)32-20/h6-7,13-14,21H,1,8-12,15H2,2-5H3. The third kappa shape index (κ3) is 5.48. The molecule has 8 heteroatoms. The molecule has 0 amide bonds. The second kappa shape index (κ2) is 9.36. The van der Waals surface area contributed by atoms with Gasteiger partial charge in [0.05, 0.1) is 23.0 Å². The zero-order chi connectivity index (χ0) is 24.7. The highest BCUT2D eigenvalue weighted by Gasteiger charge is 2.33. The summed E-state index contributed by atoms with van der Waals surface area (Å²) in [6.07, 6.45) is 4.94. The van der Waals surface area contributed by atoms with E-state index in [9.17, 15) is 13.2 Å². The van der Waals surface area contributed by atoms with E-state index in [1.807, 2.05) is 18.5 Å². The highest BCUT2D eigenvalue weighted by atomic mass is 32.2. The van der Waals surface area contributed by atoms with Crippen LogP contribution in [0.1, 0.15) is 76.1 Å². The number of aromatic nitrogens is 2. The van der Waals surface area contributed by atoms with E-state index in [2.05, 4.69) is 16.7 Å². The molecule has 1 aromatic carbocycles. The highest BCUT2D eigenvalue weighted by Crippen LogP contribution is 2.40. The number of hydrogen-bond acceptors (Lipinski definition) is 4. The summed E-state index contributed by atoms with van der Waals surface area (Å²) in [6.45, 7) is 10.5. The number of allylic oxidation sites excluding steroid dienone is 1. The molecule has 1 aliphatic carbocycles. The van der Waals surface area contributed by atoms with Crippen LogP contribution in [-0.2, 0) is 12.3 Å². The summed E-state index contributed by atoms with van der Waals surface area (Å²) in [7, 11) is 0. The third-order valence-corrected chi connectivity index (χ3v) is 7.54. The maximum atomic E-state index is 14.3. The van der Waals surface area contributed by atoms with Crippen molar-refractivity contribution in [3.63, 3.8) is 0 Å². The number of fused-ring (bicyclic) bond motifs is 1. The van der Waals surface area contributed by atoms with Crippen LogP contribution in [-0.4, -0.2) is 32.0 Å². The fraction of sp³-hybridized carbons (Fsp3) is 0.500. The number of aliphatic imine (C=N–C) groups is 2. The number of benzene rings is 1. The zero-order valence-electron chi connectivity index (χ0n) is 20.2. The van der Waals surface area contributed by atoms with E-state index in [4.69, 9.17) is 4.99 Å². The molecule has 4 nitrogen and oxygen atoms in total. The van der Waals surface area contributed by atoms with Gasteiger partial charge < -0.3 is 0 Å². The number of halogens is 3. The molecule has 0 radical (unpaired) electrons.